The van der Waals surface area contributed by atoms with Gasteiger partial charge in [-0.25, -0.2) is 14.4 Å². The van der Waals surface area contributed by atoms with Crippen LogP contribution in [0.2, 0.25) is 0 Å². The number of benzene rings is 2. The van der Waals surface area contributed by atoms with Gasteiger partial charge in [0, 0.05) is 14.9 Å². The average molecular weight is 451 g/mol. The first-order chi connectivity index (χ1) is 12.0. The first-order valence-corrected chi connectivity index (χ1v) is 8.15. The number of nitrogens with one attached hydrogen (secondary N) is 2. The molecule has 126 valence electrons. The predicted octanol–water partition coefficient (Wildman–Crippen LogP) is 4.62. The highest BCUT2D eigenvalue weighted by Crippen LogP contribution is 2.33. The van der Waals surface area contributed by atoms with Gasteiger partial charge >= 0.3 is 5.69 Å². The van der Waals surface area contributed by atoms with E-state index in [1.54, 1.807) is 12.1 Å². The van der Waals surface area contributed by atoms with Crippen LogP contribution < -0.4 is 10.6 Å². The van der Waals surface area contributed by atoms with Gasteiger partial charge in [0.2, 0.25) is 11.6 Å². The summed E-state index contributed by atoms with van der Waals surface area (Å²) in [7, 11) is 0. The zero-order valence-electron chi connectivity index (χ0n) is 12.6. The van der Waals surface area contributed by atoms with E-state index in [1.165, 1.54) is 30.6 Å². The molecule has 0 radical (unpaired) electrons. The molecule has 0 aliphatic rings. The number of nitrogens with zero attached hydrogens (tertiary/aromatic N) is 3. The topological polar surface area (TPSA) is 93.0 Å². The zero-order chi connectivity index (χ0) is 17.8. The van der Waals surface area contributed by atoms with Gasteiger partial charge in [0.05, 0.1) is 4.92 Å². The maximum atomic E-state index is 13.0. The Hall–Kier alpha value is -2.82. The van der Waals surface area contributed by atoms with Gasteiger partial charge < -0.3 is 10.6 Å². The van der Waals surface area contributed by atoms with Crippen LogP contribution >= 0.6 is 22.6 Å². The Bertz CT molecular complexity index is 838. The number of nitro groups is 1. The second kappa shape index (κ2) is 7.38. The minimum Gasteiger partial charge on any atom is -0.334 e. The molecule has 0 saturated heterocycles. The van der Waals surface area contributed by atoms with E-state index in [2.05, 4.69) is 43.2 Å². The molecule has 0 bridgehead atoms. The Morgan fingerprint density at radius 2 is 1.40 bits per heavy atom. The summed E-state index contributed by atoms with van der Waals surface area (Å²) >= 11 is 2.17. The van der Waals surface area contributed by atoms with Crippen LogP contribution in [0.3, 0.4) is 0 Å². The van der Waals surface area contributed by atoms with Crippen LogP contribution in [0, 0.1) is 19.5 Å². The van der Waals surface area contributed by atoms with E-state index < -0.39 is 10.7 Å². The summed E-state index contributed by atoms with van der Waals surface area (Å²) in [5, 5.41) is 17.3. The number of rotatable bonds is 5. The van der Waals surface area contributed by atoms with E-state index in [4.69, 9.17) is 0 Å². The van der Waals surface area contributed by atoms with Crippen molar-refractivity contribution >= 4 is 51.3 Å². The number of anilines is 4. The lowest BCUT2D eigenvalue weighted by atomic mass is 10.3. The molecule has 1 heterocycles. The van der Waals surface area contributed by atoms with Crippen molar-refractivity contribution in [3.63, 3.8) is 0 Å². The van der Waals surface area contributed by atoms with Gasteiger partial charge in [0.1, 0.15) is 12.1 Å². The Morgan fingerprint density at radius 3 is 1.88 bits per heavy atom. The van der Waals surface area contributed by atoms with Gasteiger partial charge in [-0.1, -0.05) is 0 Å². The number of halogens is 2. The van der Waals surface area contributed by atoms with E-state index in [9.17, 15) is 14.5 Å². The van der Waals surface area contributed by atoms with Crippen LogP contribution in [-0.4, -0.2) is 14.9 Å². The van der Waals surface area contributed by atoms with Gasteiger partial charge in [-0.05, 0) is 71.1 Å². The zero-order valence-corrected chi connectivity index (χ0v) is 14.8. The SMILES string of the molecule is O=[N+]([O-])c1c(Nc2ccc(F)cc2)ncnc1Nc1ccc(I)cc1. The van der Waals surface area contributed by atoms with E-state index in [-0.39, 0.29) is 17.3 Å². The molecule has 0 spiro atoms. The van der Waals surface area contributed by atoms with Gasteiger partial charge in [0.15, 0.2) is 0 Å². The van der Waals surface area contributed by atoms with Gasteiger partial charge in [-0.3, -0.25) is 10.1 Å². The first-order valence-electron chi connectivity index (χ1n) is 7.07. The summed E-state index contributed by atoms with van der Waals surface area (Å²) in [6, 6.07) is 12.8. The van der Waals surface area contributed by atoms with Gasteiger partial charge in [-0.15, -0.1) is 0 Å². The molecule has 0 atom stereocenters. The molecule has 0 unspecified atom stereocenters. The quantitative estimate of drug-likeness (QED) is 0.334. The Balaban J connectivity index is 1.94. The molecular formula is C16H11FIN5O2. The number of hydrogen-bond donors (Lipinski definition) is 2. The normalized spacial score (nSPS) is 10.3. The molecule has 9 heteroatoms. The van der Waals surface area contributed by atoms with Crippen LogP contribution in [0.4, 0.5) is 33.1 Å². The molecule has 2 N–H and O–H groups in total. The maximum absolute atomic E-state index is 13.0. The highest BCUT2D eigenvalue weighted by molar-refractivity contribution is 14.1. The van der Waals surface area contributed by atoms with E-state index in [1.807, 2.05) is 12.1 Å². The van der Waals surface area contributed by atoms with E-state index >= 15 is 0 Å². The standard InChI is InChI=1S/C16H11FIN5O2/c17-10-1-5-12(6-2-10)21-15-14(23(24)25)16(20-9-19-15)22-13-7-3-11(18)4-8-13/h1-9H,(H2,19,20,21,22). The van der Waals surface area contributed by atoms with Crippen LogP contribution in [0.25, 0.3) is 0 Å². The summed E-state index contributed by atoms with van der Waals surface area (Å²) in [5.74, 6) is -0.325. The third-order valence-corrected chi connectivity index (χ3v) is 3.94. The van der Waals surface area contributed by atoms with E-state index in [0.717, 1.165) is 3.57 Å². The van der Waals surface area contributed by atoms with Crippen molar-refractivity contribution in [3.8, 4) is 0 Å². The molecule has 7 nitrogen and oxygen atoms in total. The lowest BCUT2D eigenvalue weighted by Gasteiger charge is -2.10. The van der Waals surface area contributed by atoms with Gasteiger partial charge in [0.25, 0.3) is 0 Å². The summed E-state index contributed by atoms with van der Waals surface area (Å²) in [6.07, 6.45) is 1.22. The molecule has 3 aromatic rings. The second-order valence-electron chi connectivity index (χ2n) is 4.94. The molecule has 25 heavy (non-hydrogen) atoms. The molecule has 0 aliphatic carbocycles. The Morgan fingerprint density at radius 1 is 0.920 bits per heavy atom. The fourth-order valence-corrected chi connectivity index (χ4v) is 2.43. The summed E-state index contributed by atoms with van der Waals surface area (Å²) < 4.78 is 14.0. The highest BCUT2D eigenvalue weighted by Gasteiger charge is 2.23. The molecule has 1 aromatic heterocycles. The molecule has 0 aliphatic heterocycles. The monoisotopic (exact) mass is 451 g/mol. The smallest absolute Gasteiger partial charge is 0.334 e. The largest absolute Gasteiger partial charge is 0.353 e. The molecule has 3 rings (SSSR count). The molecule has 2 aromatic carbocycles. The maximum Gasteiger partial charge on any atom is 0.353 e. The lowest BCUT2D eigenvalue weighted by molar-refractivity contribution is -0.383. The van der Waals surface area contributed by atoms with Crippen molar-refractivity contribution in [2.75, 3.05) is 10.6 Å². The van der Waals surface area contributed by atoms with Crippen LogP contribution in [0.1, 0.15) is 0 Å². The predicted molar refractivity (Wildman–Crippen MR) is 101 cm³/mol. The van der Waals surface area contributed by atoms with Gasteiger partial charge in [-0.2, -0.15) is 0 Å². The fraction of sp³-hybridized carbons (Fsp3) is 0. The lowest BCUT2D eigenvalue weighted by Crippen LogP contribution is -2.05. The van der Waals surface area contributed by atoms with Crippen molar-refractivity contribution in [3.05, 3.63) is 74.4 Å². The van der Waals surface area contributed by atoms with Crippen LogP contribution in [-0.2, 0) is 0 Å². The van der Waals surface area contributed by atoms with E-state index in [0.29, 0.717) is 11.4 Å². The third kappa shape index (κ3) is 4.18. The first kappa shape index (κ1) is 17.0. The number of hydrogen-bond acceptors (Lipinski definition) is 6. The fourth-order valence-electron chi connectivity index (χ4n) is 2.07. The molecule has 0 saturated carbocycles. The average Bonchev–Trinajstić information content (AvgIpc) is 2.59. The third-order valence-electron chi connectivity index (χ3n) is 3.22. The highest BCUT2D eigenvalue weighted by atomic mass is 127. The minimum absolute atomic E-state index is 0.0135. The van der Waals surface area contributed by atoms with Crippen molar-refractivity contribution in [1.82, 2.24) is 9.97 Å². The van der Waals surface area contributed by atoms with Crippen molar-refractivity contribution < 1.29 is 9.31 Å². The Labute approximate surface area is 155 Å². The molecule has 0 amide bonds. The van der Waals surface area contributed by atoms with Crippen molar-refractivity contribution in [2.24, 2.45) is 0 Å². The summed E-state index contributed by atoms with van der Waals surface area (Å²) in [5.41, 5.74) is 0.837. The number of aromatic nitrogens is 2. The van der Waals surface area contributed by atoms with Crippen molar-refractivity contribution in [2.45, 2.75) is 0 Å². The summed E-state index contributed by atoms with van der Waals surface area (Å²) in [4.78, 5) is 18.9. The molecular weight excluding hydrogens is 440 g/mol. The summed E-state index contributed by atoms with van der Waals surface area (Å²) in [6.45, 7) is 0. The van der Waals surface area contributed by atoms with Crippen molar-refractivity contribution in [1.29, 1.82) is 0 Å². The minimum atomic E-state index is -0.569. The Kier molecular flexibility index (Phi) is 5.03. The second-order valence-corrected chi connectivity index (χ2v) is 6.19. The van der Waals surface area contributed by atoms with Crippen LogP contribution in [0.15, 0.2) is 54.9 Å². The van der Waals surface area contributed by atoms with Crippen LogP contribution in [0.5, 0.6) is 0 Å². The molecule has 0 fully saturated rings.